The molecule has 1 aliphatic rings. The SMILES string of the molecule is CCN(CC)C1CCN(C(=O)c2sccc2Br)CC1. The lowest BCUT2D eigenvalue weighted by Gasteiger charge is -2.37. The van der Waals surface area contributed by atoms with Gasteiger partial charge in [0.25, 0.3) is 5.91 Å². The van der Waals surface area contributed by atoms with E-state index in [1.54, 1.807) is 0 Å². The molecular weight excluding hydrogens is 324 g/mol. The first-order valence-corrected chi connectivity index (χ1v) is 8.61. The van der Waals surface area contributed by atoms with Crippen molar-refractivity contribution in [3.63, 3.8) is 0 Å². The van der Waals surface area contributed by atoms with Gasteiger partial charge in [-0.25, -0.2) is 0 Å². The summed E-state index contributed by atoms with van der Waals surface area (Å²) in [7, 11) is 0. The Kier molecular flexibility index (Phi) is 5.42. The van der Waals surface area contributed by atoms with Crippen LogP contribution in [0.1, 0.15) is 36.4 Å². The van der Waals surface area contributed by atoms with Crippen LogP contribution in [0.25, 0.3) is 0 Å². The van der Waals surface area contributed by atoms with Crippen molar-refractivity contribution >= 4 is 33.2 Å². The molecule has 5 heteroatoms. The van der Waals surface area contributed by atoms with Gasteiger partial charge in [0.05, 0.1) is 0 Å². The lowest BCUT2D eigenvalue weighted by atomic mass is 10.0. The van der Waals surface area contributed by atoms with Gasteiger partial charge < -0.3 is 9.80 Å². The van der Waals surface area contributed by atoms with Crippen molar-refractivity contribution < 1.29 is 4.79 Å². The Hall–Kier alpha value is -0.390. The summed E-state index contributed by atoms with van der Waals surface area (Å²) in [6.07, 6.45) is 2.19. The van der Waals surface area contributed by atoms with E-state index in [-0.39, 0.29) is 5.91 Å². The molecule has 1 amide bonds. The van der Waals surface area contributed by atoms with Crippen LogP contribution in [0.5, 0.6) is 0 Å². The van der Waals surface area contributed by atoms with Gasteiger partial charge in [-0.05, 0) is 53.3 Å². The highest BCUT2D eigenvalue weighted by Gasteiger charge is 2.27. The maximum Gasteiger partial charge on any atom is 0.265 e. The van der Waals surface area contributed by atoms with Crippen LogP contribution in [0, 0.1) is 0 Å². The van der Waals surface area contributed by atoms with E-state index in [1.807, 2.05) is 16.3 Å². The highest BCUT2D eigenvalue weighted by molar-refractivity contribution is 9.10. The minimum Gasteiger partial charge on any atom is -0.338 e. The Balaban J connectivity index is 1.93. The number of hydrogen-bond acceptors (Lipinski definition) is 3. The number of amides is 1. The zero-order valence-corrected chi connectivity index (χ0v) is 14.0. The second-order valence-electron chi connectivity index (χ2n) is 4.84. The van der Waals surface area contributed by atoms with Crippen molar-refractivity contribution in [2.75, 3.05) is 26.2 Å². The van der Waals surface area contributed by atoms with Crippen molar-refractivity contribution in [3.05, 3.63) is 20.8 Å². The van der Waals surface area contributed by atoms with E-state index >= 15 is 0 Å². The summed E-state index contributed by atoms with van der Waals surface area (Å²) in [6.45, 7) is 8.39. The fourth-order valence-corrected chi connectivity index (χ4v) is 4.27. The van der Waals surface area contributed by atoms with Crippen LogP contribution in [0.4, 0.5) is 0 Å². The molecule has 1 aromatic rings. The zero-order chi connectivity index (χ0) is 13.8. The molecule has 1 aliphatic heterocycles. The van der Waals surface area contributed by atoms with Gasteiger partial charge >= 0.3 is 0 Å². The number of hydrogen-bond donors (Lipinski definition) is 0. The second-order valence-corrected chi connectivity index (χ2v) is 6.61. The molecule has 1 aromatic heterocycles. The molecular formula is C14H21BrN2OS. The normalized spacial score (nSPS) is 17.2. The van der Waals surface area contributed by atoms with Crippen LogP contribution >= 0.6 is 27.3 Å². The van der Waals surface area contributed by atoms with Crippen LogP contribution in [-0.4, -0.2) is 47.9 Å². The predicted molar refractivity (Wildman–Crippen MR) is 83.9 cm³/mol. The molecule has 0 unspecified atom stereocenters. The molecule has 3 nitrogen and oxygen atoms in total. The van der Waals surface area contributed by atoms with Crippen molar-refractivity contribution in [1.82, 2.24) is 9.80 Å². The van der Waals surface area contributed by atoms with Crippen molar-refractivity contribution in [2.24, 2.45) is 0 Å². The van der Waals surface area contributed by atoms with E-state index in [2.05, 4.69) is 34.7 Å². The van der Waals surface area contributed by atoms with E-state index < -0.39 is 0 Å². The fraction of sp³-hybridized carbons (Fsp3) is 0.643. The Morgan fingerprint density at radius 1 is 1.42 bits per heavy atom. The van der Waals surface area contributed by atoms with Gasteiger partial charge in [0.1, 0.15) is 4.88 Å². The number of nitrogens with zero attached hydrogens (tertiary/aromatic N) is 2. The third-order valence-electron chi connectivity index (χ3n) is 3.89. The van der Waals surface area contributed by atoms with Crippen LogP contribution in [0.3, 0.4) is 0 Å². The van der Waals surface area contributed by atoms with Crippen LogP contribution in [-0.2, 0) is 0 Å². The quantitative estimate of drug-likeness (QED) is 0.834. The van der Waals surface area contributed by atoms with Gasteiger partial charge in [0.2, 0.25) is 0 Å². The predicted octanol–water partition coefficient (Wildman–Crippen LogP) is 3.46. The first-order chi connectivity index (χ1) is 9.17. The summed E-state index contributed by atoms with van der Waals surface area (Å²) < 4.78 is 0.924. The summed E-state index contributed by atoms with van der Waals surface area (Å²) in [5.74, 6) is 0.180. The third-order valence-corrected chi connectivity index (χ3v) is 5.72. The lowest BCUT2D eigenvalue weighted by Crippen LogP contribution is -2.46. The van der Waals surface area contributed by atoms with Gasteiger partial charge in [-0.15, -0.1) is 11.3 Å². The van der Waals surface area contributed by atoms with Gasteiger partial charge in [-0.3, -0.25) is 4.79 Å². The maximum absolute atomic E-state index is 12.4. The first kappa shape index (κ1) is 15.0. The van der Waals surface area contributed by atoms with E-state index in [0.29, 0.717) is 6.04 Å². The molecule has 0 N–H and O–H groups in total. The van der Waals surface area contributed by atoms with E-state index in [0.717, 1.165) is 48.4 Å². The maximum atomic E-state index is 12.4. The Morgan fingerprint density at radius 2 is 2.05 bits per heavy atom. The molecule has 2 heterocycles. The number of thiophene rings is 1. The second kappa shape index (κ2) is 6.86. The molecule has 0 radical (unpaired) electrons. The van der Waals surface area contributed by atoms with Crippen LogP contribution in [0.15, 0.2) is 15.9 Å². The third kappa shape index (κ3) is 3.38. The minimum atomic E-state index is 0.180. The number of rotatable bonds is 4. The molecule has 0 aromatic carbocycles. The zero-order valence-electron chi connectivity index (χ0n) is 11.6. The number of carbonyl (C=O) groups is 1. The van der Waals surface area contributed by atoms with Gasteiger partial charge in [-0.2, -0.15) is 0 Å². The van der Waals surface area contributed by atoms with Crippen LogP contribution in [0.2, 0.25) is 0 Å². The summed E-state index contributed by atoms with van der Waals surface area (Å²) in [4.78, 5) is 17.7. The molecule has 2 rings (SSSR count). The topological polar surface area (TPSA) is 23.6 Å². The standard InChI is InChI=1S/C14H21BrN2OS/c1-3-16(4-2)11-5-8-17(9-6-11)14(18)13-12(15)7-10-19-13/h7,10-11H,3-6,8-9H2,1-2H3. The smallest absolute Gasteiger partial charge is 0.265 e. The van der Waals surface area contributed by atoms with Crippen LogP contribution < -0.4 is 0 Å². The summed E-state index contributed by atoms with van der Waals surface area (Å²) in [6, 6.07) is 2.59. The van der Waals surface area contributed by atoms with Crippen molar-refractivity contribution in [2.45, 2.75) is 32.7 Å². The van der Waals surface area contributed by atoms with E-state index in [1.165, 1.54) is 11.3 Å². The van der Waals surface area contributed by atoms with Crippen molar-refractivity contribution in [1.29, 1.82) is 0 Å². The Bertz CT molecular complexity index is 423. The molecule has 0 aliphatic carbocycles. The van der Waals surface area contributed by atoms with Crippen molar-refractivity contribution in [3.8, 4) is 0 Å². The van der Waals surface area contributed by atoms with E-state index in [9.17, 15) is 4.79 Å². The summed E-state index contributed by atoms with van der Waals surface area (Å²) in [5, 5.41) is 1.96. The largest absolute Gasteiger partial charge is 0.338 e. The summed E-state index contributed by atoms with van der Waals surface area (Å²) >= 11 is 4.96. The number of carbonyl (C=O) groups excluding carboxylic acids is 1. The first-order valence-electron chi connectivity index (χ1n) is 6.93. The Labute approximate surface area is 127 Å². The average Bonchev–Trinajstić information content (AvgIpc) is 2.86. The number of piperidine rings is 1. The molecule has 0 atom stereocenters. The van der Waals surface area contributed by atoms with E-state index in [4.69, 9.17) is 0 Å². The van der Waals surface area contributed by atoms with Gasteiger partial charge in [-0.1, -0.05) is 13.8 Å². The highest BCUT2D eigenvalue weighted by atomic mass is 79.9. The average molecular weight is 345 g/mol. The molecule has 106 valence electrons. The Morgan fingerprint density at radius 3 is 2.53 bits per heavy atom. The fourth-order valence-electron chi connectivity index (χ4n) is 2.76. The molecule has 0 spiro atoms. The highest BCUT2D eigenvalue weighted by Crippen LogP contribution is 2.26. The molecule has 0 saturated carbocycles. The lowest BCUT2D eigenvalue weighted by molar-refractivity contribution is 0.0635. The number of halogens is 1. The minimum absolute atomic E-state index is 0.180. The summed E-state index contributed by atoms with van der Waals surface area (Å²) in [5.41, 5.74) is 0. The molecule has 0 bridgehead atoms. The monoisotopic (exact) mass is 344 g/mol. The molecule has 1 fully saturated rings. The van der Waals surface area contributed by atoms with Gasteiger partial charge in [0.15, 0.2) is 0 Å². The molecule has 19 heavy (non-hydrogen) atoms. The molecule has 1 saturated heterocycles. The van der Waals surface area contributed by atoms with Gasteiger partial charge in [0, 0.05) is 23.6 Å². The number of likely N-dealkylation sites (tertiary alicyclic amines) is 1.